The topological polar surface area (TPSA) is 68.9 Å². The van der Waals surface area contributed by atoms with E-state index in [-0.39, 0.29) is 17.3 Å². The molecule has 0 aliphatic heterocycles. The molecule has 0 aliphatic carbocycles. The number of nitrogens with one attached hydrogen (secondary N) is 1. The van der Waals surface area contributed by atoms with Gasteiger partial charge in [-0.3, -0.25) is 18.8 Å². The van der Waals surface area contributed by atoms with Crippen LogP contribution in [-0.2, 0) is 18.4 Å². The van der Waals surface area contributed by atoms with Crippen LogP contribution in [0.25, 0.3) is 11.3 Å². The molecule has 1 aromatic carbocycles. The monoisotopic (exact) mass is 342 g/mol. The van der Waals surface area contributed by atoms with E-state index in [1.807, 2.05) is 44.2 Å². The number of aryl methyl sites for hydroxylation is 3. The van der Waals surface area contributed by atoms with Crippen molar-refractivity contribution >= 4 is 23.1 Å². The van der Waals surface area contributed by atoms with E-state index in [2.05, 4.69) is 10.4 Å². The number of hydrogen-bond donors (Lipinski definition) is 1. The van der Waals surface area contributed by atoms with Gasteiger partial charge in [0.1, 0.15) is 12.4 Å². The number of amides is 1. The van der Waals surface area contributed by atoms with Gasteiger partial charge in [-0.15, -0.1) is 0 Å². The molecule has 0 bridgehead atoms. The van der Waals surface area contributed by atoms with Crippen LogP contribution in [0.15, 0.2) is 41.2 Å². The highest BCUT2D eigenvalue weighted by Gasteiger charge is 2.17. The number of thiazole rings is 1. The summed E-state index contributed by atoms with van der Waals surface area (Å²) in [4.78, 5) is 25.4. The van der Waals surface area contributed by atoms with Gasteiger partial charge in [-0.05, 0) is 19.4 Å². The molecule has 2 aromatic heterocycles. The summed E-state index contributed by atoms with van der Waals surface area (Å²) in [5, 5.41) is 6.99. The van der Waals surface area contributed by atoms with Gasteiger partial charge in [0.25, 0.3) is 0 Å². The SMILES string of the molecule is Cc1cc(NC(=O)Cn2c(-c3ccccc3)c(C)sc2=O)n(C)n1. The van der Waals surface area contributed by atoms with Crippen LogP contribution < -0.4 is 10.2 Å². The number of aromatic nitrogens is 3. The minimum atomic E-state index is -0.255. The van der Waals surface area contributed by atoms with Crippen molar-refractivity contribution in [1.82, 2.24) is 14.3 Å². The number of rotatable bonds is 4. The quantitative estimate of drug-likeness (QED) is 0.792. The summed E-state index contributed by atoms with van der Waals surface area (Å²) >= 11 is 1.16. The molecule has 0 atom stereocenters. The van der Waals surface area contributed by atoms with E-state index in [4.69, 9.17) is 0 Å². The molecule has 0 aliphatic rings. The van der Waals surface area contributed by atoms with E-state index < -0.39 is 0 Å². The Morgan fingerprint density at radius 1 is 1.25 bits per heavy atom. The first-order valence-electron chi connectivity index (χ1n) is 7.52. The molecule has 124 valence electrons. The van der Waals surface area contributed by atoms with Crippen molar-refractivity contribution < 1.29 is 4.79 Å². The van der Waals surface area contributed by atoms with Crippen LogP contribution in [0.1, 0.15) is 10.6 Å². The number of anilines is 1. The van der Waals surface area contributed by atoms with Crippen molar-refractivity contribution in [3.63, 3.8) is 0 Å². The van der Waals surface area contributed by atoms with Crippen LogP contribution in [0.3, 0.4) is 0 Å². The van der Waals surface area contributed by atoms with Gasteiger partial charge in [-0.25, -0.2) is 0 Å². The summed E-state index contributed by atoms with van der Waals surface area (Å²) in [7, 11) is 1.76. The van der Waals surface area contributed by atoms with Crippen LogP contribution >= 0.6 is 11.3 Å². The summed E-state index contributed by atoms with van der Waals surface area (Å²) in [5.41, 5.74) is 2.54. The van der Waals surface area contributed by atoms with Gasteiger partial charge < -0.3 is 5.32 Å². The molecule has 0 spiro atoms. The first kappa shape index (κ1) is 16.2. The Morgan fingerprint density at radius 2 is 1.96 bits per heavy atom. The molecule has 0 fully saturated rings. The summed E-state index contributed by atoms with van der Waals surface area (Å²) in [6.45, 7) is 3.72. The average molecular weight is 342 g/mol. The molecule has 0 radical (unpaired) electrons. The highest BCUT2D eigenvalue weighted by Crippen LogP contribution is 2.24. The van der Waals surface area contributed by atoms with E-state index in [1.54, 1.807) is 17.8 Å². The van der Waals surface area contributed by atoms with E-state index in [1.165, 1.54) is 4.57 Å². The van der Waals surface area contributed by atoms with Gasteiger partial charge >= 0.3 is 4.87 Å². The van der Waals surface area contributed by atoms with Gasteiger partial charge in [0.05, 0.1) is 11.4 Å². The number of benzene rings is 1. The fourth-order valence-electron chi connectivity index (χ4n) is 2.67. The minimum absolute atomic E-state index is 0.0301. The lowest BCUT2D eigenvalue weighted by atomic mass is 10.1. The summed E-state index contributed by atoms with van der Waals surface area (Å²) in [5.74, 6) is 0.355. The van der Waals surface area contributed by atoms with E-state index in [0.29, 0.717) is 5.82 Å². The van der Waals surface area contributed by atoms with Crippen LogP contribution in [0.5, 0.6) is 0 Å². The van der Waals surface area contributed by atoms with E-state index >= 15 is 0 Å². The lowest BCUT2D eigenvalue weighted by Gasteiger charge is -2.10. The second-order valence-corrected chi connectivity index (χ2v) is 6.73. The maximum Gasteiger partial charge on any atom is 0.308 e. The zero-order chi connectivity index (χ0) is 17.3. The van der Waals surface area contributed by atoms with Crippen LogP contribution in [0.2, 0.25) is 0 Å². The van der Waals surface area contributed by atoms with Crippen LogP contribution in [0, 0.1) is 13.8 Å². The highest BCUT2D eigenvalue weighted by atomic mass is 32.1. The second kappa shape index (κ2) is 6.45. The largest absolute Gasteiger partial charge is 0.309 e. The number of hydrogen-bond acceptors (Lipinski definition) is 4. The van der Waals surface area contributed by atoms with Crippen LogP contribution in [0.4, 0.5) is 5.82 Å². The summed E-state index contributed by atoms with van der Waals surface area (Å²) < 4.78 is 3.13. The summed E-state index contributed by atoms with van der Waals surface area (Å²) in [6, 6.07) is 11.4. The zero-order valence-electron chi connectivity index (χ0n) is 13.7. The maximum atomic E-state index is 12.4. The Morgan fingerprint density at radius 3 is 2.58 bits per heavy atom. The van der Waals surface area contributed by atoms with Gasteiger partial charge in [0.15, 0.2) is 0 Å². The Labute approximate surface area is 143 Å². The average Bonchev–Trinajstić information content (AvgIpc) is 2.98. The Balaban J connectivity index is 1.89. The third-order valence-electron chi connectivity index (χ3n) is 3.68. The molecule has 24 heavy (non-hydrogen) atoms. The molecule has 1 N–H and O–H groups in total. The van der Waals surface area contributed by atoms with E-state index in [9.17, 15) is 9.59 Å². The van der Waals surface area contributed by atoms with Crippen LogP contribution in [-0.4, -0.2) is 20.3 Å². The molecule has 1 amide bonds. The van der Waals surface area contributed by atoms with Crippen molar-refractivity contribution in [1.29, 1.82) is 0 Å². The molecule has 7 heteroatoms. The lowest BCUT2D eigenvalue weighted by Crippen LogP contribution is -2.25. The minimum Gasteiger partial charge on any atom is -0.309 e. The molecular weight excluding hydrogens is 324 g/mol. The standard InChI is InChI=1S/C17H18N4O2S/c1-11-9-14(20(3)19-11)18-15(22)10-21-16(12(2)24-17(21)23)13-7-5-4-6-8-13/h4-9H,10H2,1-3H3,(H,18,22). The predicted octanol–water partition coefficient (Wildman–Crippen LogP) is 2.57. The smallest absolute Gasteiger partial charge is 0.308 e. The number of nitrogens with zero attached hydrogens (tertiary/aromatic N) is 3. The molecule has 0 saturated carbocycles. The number of carbonyl (C=O) groups excluding carboxylic acids is 1. The van der Waals surface area contributed by atoms with Crippen molar-refractivity contribution in [3.8, 4) is 11.3 Å². The van der Waals surface area contributed by atoms with Gasteiger partial charge in [-0.2, -0.15) is 5.10 Å². The van der Waals surface area contributed by atoms with Gasteiger partial charge in [0.2, 0.25) is 5.91 Å². The molecular formula is C17H18N4O2S. The predicted molar refractivity (Wildman–Crippen MR) is 95.3 cm³/mol. The zero-order valence-corrected chi connectivity index (χ0v) is 14.6. The fraction of sp³-hybridized carbons (Fsp3) is 0.235. The first-order chi connectivity index (χ1) is 11.5. The summed E-state index contributed by atoms with van der Waals surface area (Å²) in [6.07, 6.45) is 0. The first-order valence-corrected chi connectivity index (χ1v) is 8.33. The third-order valence-corrected chi connectivity index (χ3v) is 4.58. The highest BCUT2D eigenvalue weighted by molar-refractivity contribution is 7.09. The third kappa shape index (κ3) is 3.16. The Hall–Kier alpha value is -2.67. The second-order valence-electron chi connectivity index (χ2n) is 5.57. The molecule has 0 saturated heterocycles. The van der Waals surface area contributed by atoms with Crippen molar-refractivity contribution in [2.45, 2.75) is 20.4 Å². The van der Waals surface area contributed by atoms with Crippen molar-refractivity contribution in [3.05, 3.63) is 56.6 Å². The fourth-order valence-corrected chi connectivity index (χ4v) is 3.52. The maximum absolute atomic E-state index is 12.4. The van der Waals surface area contributed by atoms with Crippen molar-refractivity contribution in [2.75, 3.05) is 5.32 Å². The van der Waals surface area contributed by atoms with Crippen molar-refractivity contribution in [2.24, 2.45) is 7.05 Å². The molecule has 3 rings (SSSR count). The lowest BCUT2D eigenvalue weighted by molar-refractivity contribution is -0.116. The molecule has 3 aromatic rings. The molecule has 0 unspecified atom stereocenters. The normalized spacial score (nSPS) is 10.8. The molecule has 6 nitrogen and oxygen atoms in total. The Kier molecular flexibility index (Phi) is 4.35. The van der Waals surface area contributed by atoms with E-state index in [0.717, 1.165) is 33.2 Å². The van der Waals surface area contributed by atoms with Gasteiger partial charge in [-0.1, -0.05) is 41.7 Å². The van der Waals surface area contributed by atoms with Gasteiger partial charge in [0, 0.05) is 18.0 Å². The molecule has 2 heterocycles. The number of carbonyl (C=O) groups is 1. The Bertz CT molecular complexity index is 937.